The normalized spacial score (nSPS) is 10.1. The number of nitrogens with two attached hydrogens (primary N) is 1. The van der Waals surface area contributed by atoms with Crippen LogP contribution in [-0.4, -0.2) is 10.9 Å². The lowest BCUT2D eigenvalue weighted by Crippen LogP contribution is -2.12. The van der Waals surface area contributed by atoms with Crippen molar-refractivity contribution in [3.05, 3.63) is 47.1 Å². The predicted molar refractivity (Wildman–Crippen MR) is 64.4 cm³/mol. The molecule has 0 aliphatic heterocycles. The molecule has 0 radical (unpaired) electrons. The molecular weight excluding hydrogens is 222 g/mol. The van der Waals surface area contributed by atoms with E-state index >= 15 is 0 Å². The van der Waals surface area contributed by atoms with Gasteiger partial charge in [-0.15, -0.1) is 11.3 Å². The van der Waals surface area contributed by atoms with Gasteiger partial charge in [-0.25, -0.2) is 0 Å². The van der Waals surface area contributed by atoms with Gasteiger partial charge in [0.1, 0.15) is 0 Å². The molecule has 0 unspecified atom stereocenters. The fourth-order valence-corrected chi connectivity index (χ4v) is 1.88. The van der Waals surface area contributed by atoms with Gasteiger partial charge in [0.2, 0.25) is 0 Å². The fraction of sp³-hybridized carbons (Fsp3) is 0.0909. The molecule has 2 rings (SSSR count). The van der Waals surface area contributed by atoms with Crippen molar-refractivity contribution in [2.75, 3.05) is 5.32 Å². The highest BCUT2D eigenvalue weighted by atomic mass is 32.1. The van der Waals surface area contributed by atoms with E-state index in [1.54, 1.807) is 18.3 Å². The minimum absolute atomic E-state index is 0.139. The van der Waals surface area contributed by atoms with E-state index in [1.165, 1.54) is 11.3 Å². The van der Waals surface area contributed by atoms with E-state index in [9.17, 15) is 4.79 Å². The second-order valence-electron chi connectivity index (χ2n) is 3.17. The van der Waals surface area contributed by atoms with E-state index in [2.05, 4.69) is 10.3 Å². The van der Waals surface area contributed by atoms with E-state index in [-0.39, 0.29) is 5.91 Å². The third-order valence-electron chi connectivity index (χ3n) is 2.05. The highest BCUT2D eigenvalue weighted by Gasteiger charge is 2.07. The summed E-state index contributed by atoms with van der Waals surface area (Å²) in [6.07, 6.45) is 1.59. The maximum Gasteiger partial charge on any atom is 0.256 e. The first-order chi connectivity index (χ1) is 7.79. The minimum atomic E-state index is -0.139. The molecule has 1 amide bonds. The number of anilines is 1. The Hall–Kier alpha value is -1.72. The number of carbonyl (C=O) groups is 1. The van der Waals surface area contributed by atoms with Crippen LogP contribution < -0.4 is 11.1 Å². The monoisotopic (exact) mass is 233 g/mol. The van der Waals surface area contributed by atoms with Gasteiger partial charge < -0.3 is 11.1 Å². The second-order valence-corrected chi connectivity index (χ2v) is 4.12. The van der Waals surface area contributed by atoms with Crippen LogP contribution in [0.25, 0.3) is 0 Å². The fourth-order valence-electron chi connectivity index (χ4n) is 1.26. The summed E-state index contributed by atoms with van der Waals surface area (Å²) in [4.78, 5) is 15.8. The molecule has 0 aliphatic carbocycles. The molecule has 2 aromatic heterocycles. The van der Waals surface area contributed by atoms with Crippen molar-refractivity contribution in [2.24, 2.45) is 5.73 Å². The van der Waals surface area contributed by atoms with Crippen molar-refractivity contribution in [1.82, 2.24) is 4.98 Å². The summed E-state index contributed by atoms with van der Waals surface area (Å²) in [5.74, 6) is -0.139. The van der Waals surface area contributed by atoms with Crippen LogP contribution in [0.1, 0.15) is 16.1 Å². The first-order valence-electron chi connectivity index (χ1n) is 4.79. The summed E-state index contributed by atoms with van der Waals surface area (Å²) >= 11 is 1.48. The standard InChI is InChI=1S/C11H11N3OS/c12-7-9-6-8(3-4-13-9)11(15)14-10-2-1-5-16-10/h1-6H,7,12H2,(H,14,15). The number of hydrogen-bond donors (Lipinski definition) is 2. The second kappa shape index (κ2) is 4.87. The quantitative estimate of drug-likeness (QED) is 0.850. The molecule has 0 saturated carbocycles. The summed E-state index contributed by atoms with van der Waals surface area (Å²) < 4.78 is 0. The molecule has 0 aromatic carbocycles. The largest absolute Gasteiger partial charge is 0.325 e. The van der Waals surface area contributed by atoms with Crippen LogP contribution in [0, 0.1) is 0 Å². The first kappa shape index (κ1) is 10.8. The SMILES string of the molecule is NCc1cc(C(=O)Nc2cccs2)ccn1. The summed E-state index contributed by atoms with van der Waals surface area (Å²) in [5, 5.41) is 5.54. The van der Waals surface area contributed by atoms with Gasteiger partial charge >= 0.3 is 0 Å². The van der Waals surface area contributed by atoms with Crippen LogP contribution in [0.4, 0.5) is 5.00 Å². The number of rotatable bonds is 3. The molecule has 0 aliphatic rings. The van der Waals surface area contributed by atoms with Crippen molar-refractivity contribution >= 4 is 22.2 Å². The first-order valence-corrected chi connectivity index (χ1v) is 5.67. The maximum atomic E-state index is 11.8. The van der Waals surface area contributed by atoms with E-state index in [0.29, 0.717) is 17.8 Å². The molecule has 0 bridgehead atoms. The van der Waals surface area contributed by atoms with Crippen LogP contribution in [0.2, 0.25) is 0 Å². The van der Waals surface area contributed by atoms with Crippen LogP contribution in [0.3, 0.4) is 0 Å². The number of thiophene rings is 1. The molecule has 82 valence electrons. The summed E-state index contributed by atoms with van der Waals surface area (Å²) in [5.41, 5.74) is 6.74. The Balaban J connectivity index is 2.14. The molecule has 2 heterocycles. The topological polar surface area (TPSA) is 68.0 Å². The van der Waals surface area contributed by atoms with Crippen molar-refractivity contribution in [1.29, 1.82) is 0 Å². The van der Waals surface area contributed by atoms with Gasteiger partial charge in [-0.3, -0.25) is 9.78 Å². The van der Waals surface area contributed by atoms with Crippen molar-refractivity contribution in [3.8, 4) is 0 Å². The van der Waals surface area contributed by atoms with Gasteiger partial charge in [-0.2, -0.15) is 0 Å². The maximum absolute atomic E-state index is 11.8. The van der Waals surface area contributed by atoms with Gasteiger partial charge in [0, 0.05) is 18.3 Å². The van der Waals surface area contributed by atoms with Gasteiger partial charge in [-0.1, -0.05) is 0 Å². The minimum Gasteiger partial charge on any atom is -0.325 e. The molecule has 4 nitrogen and oxygen atoms in total. The lowest BCUT2D eigenvalue weighted by Gasteiger charge is -2.03. The molecule has 0 spiro atoms. The number of aromatic nitrogens is 1. The Bertz CT molecular complexity index is 482. The molecule has 3 N–H and O–H groups in total. The predicted octanol–water partition coefficient (Wildman–Crippen LogP) is 1.85. The van der Waals surface area contributed by atoms with E-state index in [1.807, 2.05) is 17.5 Å². The van der Waals surface area contributed by atoms with Crippen LogP contribution in [-0.2, 0) is 6.54 Å². The number of amides is 1. The Kier molecular flexibility index (Phi) is 3.28. The molecule has 0 fully saturated rings. The average Bonchev–Trinajstić information content (AvgIpc) is 2.82. The summed E-state index contributed by atoms with van der Waals surface area (Å²) in [6, 6.07) is 7.11. The van der Waals surface area contributed by atoms with Gasteiger partial charge in [0.15, 0.2) is 0 Å². The Morgan fingerprint density at radius 3 is 3.06 bits per heavy atom. The number of pyridine rings is 1. The highest BCUT2D eigenvalue weighted by Crippen LogP contribution is 2.16. The molecule has 0 saturated heterocycles. The molecule has 5 heteroatoms. The third-order valence-corrected chi connectivity index (χ3v) is 2.83. The Morgan fingerprint density at radius 2 is 2.38 bits per heavy atom. The smallest absolute Gasteiger partial charge is 0.256 e. The zero-order chi connectivity index (χ0) is 11.4. The lowest BCUT2D eigenvalue weighted by atomic mass is 10.2. The zero-order valence-corrected chi connectivity index (χ0v) is 9.33. The van der Waals surface area contributed by atoms with Gasteiger partial charge in [0.25, 0.3) is 5.91 Å². The van der Waals surface area contributed by atoms with Gasteiger partial charge in [0.05, 0.1) is 10.7 Å². The number of nitrogens with one attached hydrogen (secondary N) is 1. The Labute approximate surface area is 97.1 Å². The number of carbonyl (C=O) groups excluding carboxylic acids is 1. The van der Waals surface area contributed by atoms with Crippen LogP contribution in [0.5, 0.6) is 0 Å². The third kappa shape index (κ3) is 2.44. The van der Waals surface area contributed by atoms with Gasteiger partial charge in [-0.05, 0) is 29.6 Å². The number of hydrogen-bond acceptors (Lipinski definition) is 4. The molecular formula is C11H11N3OS. The van der Waals surface area contributed by atoms with Crippen LogP contribution >= 0.6 is 11.3 Å². The number of nitrogens with zero attached hydrogens (tertiary/aromatic N) is 1. The van der Waals surface area contributed by atoms with Crippen LogP contribution in [0.15, 0.2) is 35.8 Å². The molecule has 2 aromatic rings. The molecule has 0 atom stereocenters. The molecule has 16 heavy (non-hydrogen) atoms. The van der Waals surface area contributed by atoms with Crippen molar-refractivity contribution in [3.63, 3.8) is 0 Å². The average molecular weight is 233 g/mol. The Morgan fingerprint density at radius 1 is 1.50 bits per heavy atom. The van der Waals surface area contributed by atoms with E-state index in [4.69, 9.17) is 5.73 Å². The zero-order valence-electron chi connectivity index (χ0n) is 8.51. The highest BCUT2D eigenvalue weighted by molar-refractivity contribution is 7.14. The summed E-state index contributed by atoms with van der Waals surface area (Å²) in [7, 11) is 0. The van der Waals surface area contributed by atoms with E-state index < -0.39 is 0 Å². The lowest BCUT2D eigenvalue weighted by molar-refractivity contribution is 0.102. The van der Waals surface area contributed by atoms with Crippen molar-refractivity contribution < 1.29 is 4.79 Å². The van der Waals surface area contributed by atoms with E-state index in [0.717, 1.165) is 5.00 Å². The summed E-state index contributed by atoms with van der Waals surface area (Å²) in [6.45, 7) is 0.333. The van der Waals surface area contributed by atoms with Crippen molar-refractivity contribution in [2.45, 2.75) is 6.54 Å².